The molecule has 6 heterocycles. The van der Waals surface area contributed by atoms with Crippen LogP contribution in [0.15, 0.2) is 29.7 Å². The summed E-state index contributed by atoms with van der Waals surface area (Å²) in [5.41, 5.74) is 10.7. The molecule has 2 saturated heterocycles. The molecule has 4 aromatic heterocycles. The summed E-state index contributed by atoms with van der Waals surface area (Å²) in [5, 5.41) is 31.8. The lowest BCUT2D eigenvalue weighted by atomic mass is 10.1. The number of nitrogens with zero attached hydrogens (tertiary/aromatic N) is 6. The monoisotopic (exact) mass is 595 g/mol. The number of ether oxygens (including phenoxy) is 2. The Morgan fingerprint density at radius 1 is 1.15 bits per heavy atom. The van der Waals surface area contributed by atoms with Gasteiger partial charge < -0.3 is 50.2 Å². The molecule has 6 rings (SSSR count). The van der Waals surface area contributed by atoms with Crippen molar-refractivity contribution in [2.24, 2.45) is 0 Å². The number of aromatic amines is 1. The van der Waals surface area contributed by atoms with Crippen LogP contribution in [0.2, 0.25) is 0 Å². The molecule has 8 atom stereocenters. The molecule has 0 spiro atoms. The molecule has 2 aliphatic heterocycles. The fourth-order valence-electron chi connectivity index (χ4n) is 5.09. The molecular formula is C21H26N9O8PS. The molecular weight excluding hydrogens is 569 g/mol. The summed E-state index contributed by atoms with van der Waals surface area (Å²) < 4.78 is 20.6. The van der Waals surface area contributed by atoms with Crippen LogP contribution < -0.4 is 17.0 Å². The SMILES string of the molecule is Nc1nc2c(ncn2C2OC(CO)C[C@H]2P(O)(=S)OC[C@H]2O[C@@H](n3ccc4c(N)ncnc43)[C@H](O)[C@@H]2O)c(=O)[nH]1. The van der Waals surface area contributed by atoms with Crippen LogP contribution in [-0.2, 0) is 25.8 Å². The molecule has 9 N–H and O–H groups in total. The fraction of sp³-hybridized carbons (Fsp3) is 0.476. The van der Waals surface area contributed by atoms with Gasteiger partial charge >= 0.3 is 0 Å². The number of nitrogen functional groups attached to an aromatic ring is 2. The smallest absolute Gasteiger partial charge is 0.280 e. The fourth-order valence-corrected chi connectivity index (χ4v) is 7.43. The van der Waals surface area contributed by atoms with E-state index in [0.717, 1.165) is 0 Å². The Hall–Kier alpha value is -3.06. The lowest BCUT2D eigenvalue weighted by Gasteiger charge is -2.28. The van der Waals surface area contributed by atoms with Gasteiger partial charge in [-0.2, -0.15) is 4.98 Å². The number of H-pyrrole nitrogens is 1. The number of hydrogen-bond acceptors (Lipinski definition) is 14. The lowest BCUT2D eigenvalue weighted by Crippen LogP contribution is -2.34. The van der Waals surface area contributed by atoms with Crippen LogP contribution in [0, 0.1) is 0 Å². The Bertz CT molecular complexity index is 1680. The predicted octanol–water partition coefficient (Wildman–Crippen LogP) is -1.69. The van der Waals surface area contributed by atoms with Crippen LogP contribution in [-0.4, -0.2) is 97.6 Å². The van der Waals surface area contributed by atoms with Gasteiger partial charge in [0.1, 0.15) is 42.3 Å². The highest BCUT2D eigenvalue weighted by molar-refractivity contribution is 8.09. The maximum atomic E-state index is 12.2. The maximum Gasteiger partial charge on any atom is 0.280 e. The van der Waals surface area contributed by atoms with Crippen LogP contribution in [0.5, 0.6) is 0 Å². The normalized spacial score (nSPS) is 30.4. The minimum Gasteiger partial charge on any atom is -0.394 e. The van der Waals surface area contributed by atoms with Crippen molar-refractivity contribution in [1.29, 1.82) is 0 Å². The van der Waals surface area contributed by atoms with Crippen molar-refractivity contribution in [2.45, 2.75) is 49.0 Å². The summed E-state index contributed by atoms with van der Waals surface area (Å²) in [6.07, 6.45) is -2.19. The zero-order valence-corrected chi connectivity index (χ0v) is 22.3. The molecule has 4 aromatic rings. The summed E-state index contributed by atoms with van der Waals surface area (Å²) in [6.45, 7) is -4.45. The van der Waals surface area contributed by atoms with Gasteiger partial charge in [0.15, 0.2) is 23.9 Å². The Kier molecular flexibility index (Phi) is 6.84. The minimum absolute atomic E-state index is 0.00299. The van der Waals surface area contributed by atoms with E-state index in [-0.39, 0.29) is 42.6 Å². The third-order valence-electron chi connectivity index (χ3n) is 7.09. The molecule has 0 aliphatic carbocycles. The summed E-state index contributed by atoms with van der Waals surface area (Å²) in [6, 6.07) is 1.67. The van der Waals surface area contributed by atoms with Gasteiger partial charge in [-0.3, -0.25) is 14.3 Å². The van der Waals surface area contributed by atoms with E-state index in [1.165, 1.54) is 21.8 Å². The number of nitrogens with two attached hydrogens (primary N) is 2. The van der Waals surface area contributed by atoms with Crippen molar-refractivity contribution in [3.63, 3.8) is 0 Å². The van der Waals surface area contributed by atoms with Gasteiger partial charge in [-0.05, 0) is 24.3 Å². The molecule has 0 saturated carbocycles. The van der Waals surface area contributed by atoms with Crippen molar-refractivity contribution >= 4 is 52.3 Å². The van der Waals surface area contributed by atoms with E-state index in [1.807, 2.05) is 0 Å². The first-order valence-electron chi connectivity index (χ1n) is 12.1. The van der Waals surface area contributed by atoms with Crippen molar-refractivity contribution in [3.8, 4) is 0 Å². The second-order valence-corrected chi connectivity index (χ2v) is 13.2. The summed E-state index contributed by atoms with van der Waals surface area (Å²) in [5.74, 6) is 0.109. The number of aliphatic hydroxyl groups is 3. The largest absolute Gasteiger partial charge is 0.394 e. The van der Waals surface area contributed by atoms with Gasteiger partial charge in [0.25, 0.3) is 5.56 Å². The van der Waals surface area contributed by atoms with Crippen LogP contribution >= 0.6 is 6.49 Å². The van der Waals surface area contributed by atoms with E-state index in [4.69, 9.17) is 37.3 Å². The number of aliphatic hydroxyl groups excluding tert-OH is 3. The summed E-state index contributed by atoms with van der Waals surface area (Å²) >= 11 is 5.52. The number of rotatable bonds is 7. The van der Waals surface area contributed by atoms with Gasteiger partial charge in [-0.15, -0.1) is 0 Å². The lowest BCUT2D eigenvalue weighted by molar-refractivity contribution is -0.0478. The van der Waals surface area contributed by atoms with Gasteiger partial charge in [0.2, 0.25) is 5.95 Å². The van der Waals surface area contributed by atoms with Gasteiger partial charge in [0.05, 0.1) is 36.7 Å². The van der Waals surface area contributed by atoms with Crippen molar-refractivity contribution in [2.75, 3.05) is 24.7 Å². The zero-order valence-electron chi connectivity index (χ0n) is 20.6. The van der Waals surface area contributed by atoms with E-state index in [1.54, 1.807) is 12.3 Å². The number of aromatic nitrogens is 7. The van der Waals surface area contributed by atoms with E-state index >= 15 is 0 Å². The second kappa shape index (κ2) is 10.1. The Morgan fingerprint density at radius 3 is 2.73 bits per heavy atom. The standard InChI is InChI=1S/C21H26N9O8PS/c22-15-9-1-2-29(16(9)25-6-24-15)20-14(33)13(32)10(38-20)5-36-39(35,40)11-3-8(4-31)37-19(11)30-7-26-12-17(30)27-21(23)28-18(12)34/h1-2,6-8,10-11,13-14,19-20,31-33H,3-5H2,(H,35,40)(H2,22,24,25)(H3,23,27,28,34)/t8?,10-,11-,13-,14-,19?,20-,39?/m1/s1. The highest BCUT2D eigenvalue weighted by Crippen LogP contribution is 2.57. The second-order valence-electron chi connectivity index (χ2n) is 9.53. The first-order chi connectivity index (χ1) is 19.1. The zero-order chi connectivity index (χ0) is 28.3. The number of nitrogens with one attached hydrogen (secondary N) is 1. The Morgan fingerprint density at radius 2 is 1.95 bits per heavy atom. The summed E-state index contributed by atoms with van der Waals surface area (Å²) in [4.78, 5) is 42.3. The molecule has 17 nitrogen and oxygen atoms in total. The Balaban J connectivity index is 1.22. The highest BCUT2D eigenvalue weighted by Gasteiger charge is 2.48. The van der Waals surface area contributed by atoms with Crippen molar-refractivity contribution in [3.05, 3.63) is 35.3 Å². The van der Waals surface area contributed by atoms with Crippen LogP contribution in [0.4, 0.5) is 11.8 Å². The topological polar surface area (TPSA) is 255 Å². The third kappa shape index (κ3) is 4.47. The first-order valence-corrected chi connectivity index (χ1v) is 14.9. The summed E-state index contributed by atoms with van der Waals surface area (Å²) in [7, 11) is 0. The van der Waals surface area contributed by atoms with Crippen molar-refractivity contribution in [1.82, 2.24) is 34.1 Å². The van der Waals surface area contributed by atoms with E-state index < -0.39 is 54.6 Å². The maximum absolute atomic E-state index is 12.2. The first kappa shape index (κ1) is 27.1. The van der Waals surface area contributed by atoms with Gasteiger partial charge in [-0.25, -0.2) is 15.0 Å². The van der Waals surface area contributed by atoms with E-state index in [9.17, 15) is 25.0 Å². The molecule has 214 valence electrons. The van der Waals surface area contributed by atoms with Gasteiger partial charge in [-0.1, -0.05) is 0 Å². The minimum atomic E-state index is -3.73. The van der Waals surface area contributed by atoms with Crippen LogP contribution in [0.25, 0.3) is 22.2 Å². The quantitative estimate of drug-likeness (QED) is 0.118. The van der Waals surface area contributed by atoms with E-state index in [0.29, 0.717) is 11.0 Å². The van der Waals surface area contributed by atoms with E-state index in [2.05, 4.69) is 24.9 Å². The number of anilines is 2. The van der Waals surface area contributed by atoms with Crippen LogP contribution in [0.1, 0.15) is 18.9 Å². The van der Waals surface area contributed by atoms with Crippen LogP contribution in [0.3, 0.4) is 0 Å². The predicted molar refractivity (Wildman–Crippen MR) is 142 cm³/mol. The van der Waals surface area contributed by atoms with Gasteiger partial charge in [0, 0.05) is 6.20 Å². The molecule has 0 bridgehead atoms. The molecule has 0 aromatic carbocycles. The van der Waals surface area contributed by atoms with Crippen molar-refractivity contribution < 1.29 is 34.2 Å². The molecule has 19 heteroatoms. The number of fused-ring (bicyclic) bond motifs is 2. The molecule has 3 unspecified atom stereocenters. The highest BCUT2D eigenvalue weighted by atomic mass is 32.5. The molecule has 0 radical (unpaired) electrons. The molecule has 2 fully saturated rings. The number of hydrogen-bond donors (Lipinski definition) is 7. The number of imidazole rings is 1. The molecule has 0 amide bonds. The third-order valence-corrected chi connectivity index (χ3v) is 10.0. The molecule has 40 heavy (non-hydrogen) atoms. The average molecular weight is 596 g/mol. The Labute approximate surface area is 229 Å². The average Bonchev–Trinajstić information content (AvgIpc) is 3.69. The molecule has 2 aliphatic rings.